The second-order valence-corrected chi connectivity index (χ2v) is 6.45. The van der Waals surface area contributed by atoms with Crippen molar-refractivity contribution < 1.29 is 26.7 Å². The van der Waals surface area contributed by atoms with Crippen molar-refractivity contribution in [3.05, 3.63) is 53.6 Å². The molecule has 0 atom stereocenters. The number of benzene rings is 2. The second kappa shape index (κ2) is 8.04. The van der Waals surface area contributed by atoms with Gasteiger partial charge in [-0.3, -0.25) is 4.79 Å². The smallest absolute Gasteiger partial charge is 0.374 e. The lowest BCUT2D eigenvalue weighted by Gasteiger charge is -2.23. The van der Waals surface area contributed by atoms with Crippen molar-refractivity contribution in [3.63, 3.8) is 0 Å². The third kappa shape index (κ3) is 4.71. The summed E-state index contributed by atoms with van der Waals surface area (Å²) in [6.45, 7) is 1.01. The largest absolute Gasteiger partial charge is 0.416 e. The number of hydrogen-bond acceptors (Lipinski definition) is 3. The van der Waals surface area contributed by atoms with Gasteiger partial charge in [0.1, 0.15) is 11.6 Å². The normalized spacial score (nSPS) is 14.2. The van der Waals surface area contributed by atoms with E-state index in [-0.39, 0.29) is 11.4 Å². The highest BCUT2D eigenvalue weighted by atomic mass is 19.4. The Morgan fingerprint density at radius 3 is 2.39 bits per heavy atom. The van der Waals surface area contributed by atoms with Gasteiger partial charge in [-0.25, -0.2) is 8.78 Å². The molecule has 1 aliphatic rings. The summed E-state index contributed by atoms with van der Waals surface area (Å²) in [5.74, 6) is -2.25. The predicted molar refractivity (Wildman–Crippen MR) is 96.4 cm³/mol. The molecule has 0 unspecified atom stereocenters. The second-order valence-electron chi connectivity index (χ2n) is 6.45. The highest BCUT2D eigenvalue weighted by Crippen LogP contribution is 2.36. The Kier molecular flexibility index (Phi) is 5.71. The molecule has 0 aliphatic carbocycles. The number of alkyl halides is 3. The zero-order chi connectivity index (χ0) is 20.3. The minimum Gasteiger partial charge on any atom is -0.374 e. The van der Waals surface area contributed by atoms with Crippen molar-refractivity contribution >= 4 is 23.0 Å². The van der Waals surface area contributed by atoms with Gasteiger partial charge in [0.25, 0.3) is 0 Å². The molecule has 0 radical (unpaired) electrons. The lowest BCUT2D eigenvalue weighted by molar-refractivity contribution is -0.137. The van der Waals surface area contributed by atoms with Gasteiger partial charge in [0.05, 0.1) is 29.2 Å². The molecule has 4 nitrogen and oxygen atoms in total. The lowest BCUT2D eigenvalue weighted by atomic mass is 10.1. The first-order valence-corrected chi connectivity index (χ1v) is 8.69. The van der Waals surface area contributed by atoms with Crippen molar-refractivity contribution in [2.24, 2.45) is 0 Å². The van der Waals surface area contributed by atoms with Gasteiger partial charge in [0.2, 0.25) is 5.91 Å². The van der Waals surface area contributed by atoms with Gasteiger partial charge < -0.3 is 15.5 Å². The fourth-order valence-corrected chi connectivity index (χ4v) is 3.05. The van der Waals surface area contributed by atoms with E-state index in [2.05, 4.69) is 10.6 Å². The van der Waals surface area contributed by atoms with E-state index in [4.69, 9.17) is 0 Å². The lowest BCUT2D eigenvalue weighted by Crippen LogP contribution is -2.25. The van der Waals surface area contributed by atoms with Crippen LogP contribution in [0.1, 0.15) is 18.4 Å². The van der Waals surface area contributed by atoms with Crippen LogP contribution in [0, 0.1) is 11.6 Å². The molecular weight excluding hydrogens is 381 g/mol. The van der Waals surface area contributed by atoms with Crippen molar-refractivity contribution in [2.75, 3.05) is 35.2 Å². The minimum atomic E-state index is -4.52. The Balaban J connectivity index is 1.76. The molecule has 1 saturated heterocycles. The van der Waals surface area contributed by atoms with E-state index in [1.165, 1.54) is 6.07 Å². The average Bonchev–Trinajstić information content (AvgIpc) is 3.16. The first-order valence-electron chi connectivity index (χ1n) is 8.69. The summed E-state index contributed by atoms with van der Waals surface area (Å²) < 4.78 is 65.9. The molecule has 2 aromatic rings. The summed E-state index contributed by atoms with van der Waals surface area (Å²) in [4.78, 5) is 14.0. The van der Waals surface area contributed by atoms with E-state index in [1.807, 2.05) is 4.90 Å². The van der Waals surface area contributed by atoms with Crippen LogP contribution in [-0.2, 0) is 11.0 Å². The predicted octanol–water partition coefficient (Wildman–Crippen LogP) is 4.63. The first-order chi connectivity index (χ1) is 13.2. The van der Waals surface area contributed by atoms with Crippen LogP contribution in [-0.4, -0.2) is 25.5 Å². The number of anilines is 3. The van der Waals surface area contributed by atoms with Crippen LogP contribution in [0.2, 0.25) is 0 Å². The molecule has 1 heterocycles. The number of nitrogens with zero attached hydrogens (tertiary/aromatic N) is 1. The Morgan fingerprint density at radius 2 is 1.71 bits per heavy atom. The fourth-order valence-electron chi connectivity index (χ4n) is 3.05. The van der Waals surface area contributed by atoms with Crippen LogP contribution in [0.15, 0.2) is 36.4 Å². The Hall–Kier alpha value is -2.84. The summed E-state index contributed by atoms with van der Waals surface area (Å²) in [7, 11) is 0. The summed E-state index contributed by atoms with van der Waals surface area (Å²) in [6, 6.07) is 5.93. The van der Waals surface area contributed by atoms with Crippen LogP contribution in [0.4, 0.5) is 39.0 Å². The number of rotatable bonds is 5. The maximum Gasteiger partial charge on any atom is 0.416 e. The quantitative estimate of drug-likeness (QED) is 0.721. The molecule has 28 heavy (non-hydrogen) atoms. The van der Waals surface area contributed by atoms with E-state index < -0.39 is 35.8 Å². The Labute approximate surface area is 158 Å². The molecule has 0 spiro atoms. The average molecular weight is 399 g/mol. The third-order valence-corrected chi connectivity index (χ3v) is 4.41. The number of amides is 1. The highest BCUT2D eigenvalue weighted by molar-refractivity contribution is 5.94. The first kappa shape index (κ1) is 19.9. The van der Waals surface area contributed by atoms with E-state index in [1.54, 1.807) is 0 Å². The highest BCUT2D eigenvalue weighted by Gasteiger charge is 2.31. The zero-order valence-electron chi connectivity index (χ0n) is 14.7. The summed E-state index contributed by atoms with van der Waals surface area (Å²) >= 11 is 0. The summed E-state index contributed by atoms with van der Waals surface area (Å²) in [6.07, 6.45) is -2.66. The van der Waals surface area contributed by atoms with Crippen LogP contribution < -0.4 is 15.5 Å². The molecule has 0 aromatic heterocycles. The van der Waals surface area contributed by atoms with E-state index >= 15 is 0 Å². The molecule has 1 fully saturated rings. The molecule has 0 bridgehead atoms. The van der Waals surface area contributed by atoms with Crippen molar-refractivity contribution in [2.45, 2.75) is 19.0 Å². The number of halogens is 5. The van der Waals surface area contributed by atoms with Gasteiger partial charge in [-0.05, 0) is 43.2 Å². The monoisotopic (exact) mass is 399 g/mol. The molecule has 3 rings (SSSR count). The van der Waals surface area contributed by atoms with Crippen LogP contribution in [0.3, 0.4) is 0 Å². The van der Waals surface area contributed by atoms with Crippen LogP contribution >= 0.6 is 0 Å². The van der Waals surface area contributed by atoms with Crippen molar-refractivity contribution in [1.29, 1.82) is 0 Å². The topological polar surface area (TPSA) is 44.4 Å². The third-order valence-electron chi connectivity index (χ3n) is 4.41. The van der Waals surface area contributed by atoms with Gasteiger partial charge >= 0.3 is 6.18 Å². The number of nitrogens with one attached hydrogen (secondary N) is 2. The molecule has 2 N–H and O–H groups in total. The number of hydrogen-bond donors (Lipinski definition) is 2. The summed E-state index contributed by atoms with van der Waals surface area (Å²) in [5.41, 5.74) is -0.452. The standard InChI is InChI=1S/C19H18F5N3O/c20-13-4-5-14(21)15(10-13)26-18(28)11-25-16-9-12(19(22,23)24)3-6-17(16)27-7-1-2-8-27/h3-6,9-10,25H,1-2,7-8,11H2,(H,26,28). The maximum atomic E-state index is 13.6. The van der Waals surface area contributed by atoms with Gasteiger partial charge in [0.15, 0.2) is 0 Å². The number of carbonyl (C=O) groups is 1. The summed E-state index contributed by atoms with van der Waals surface area (Å²) in [5, 5.41) is 4.89. The van der Waals surface area contributed by atoms with Crippen molar-refractivity contribution in [3.8, 4) is 0 Å². The van der Waals surface area contributed by atoms with Gasteiger partial charge in [-0.1, -0.05) is 0 Å². The van der Waals surface area contributed by atoms with Gasteiger partial charge in [-0.2, -0.15) is 13.2 Å². The molecule has 1 amide bonds. The van der Waals surface area contributed by atoms with E-state index in [9.17, 15) is 26.7 Å². The SMILES string of the molecule is O=C(CNc1cc(C(F)(F)F)ccc1N1CCCC1)Nc1cc(F)ccc1F. The molecular formula is C19H18F5N3O. The molecule has 1 aliphatic heterocycles. The fraction of sp³-hybridized carbons (Fsp3) is 0.316. The Morgan fingerprint density at radius 1 is 1.00 bits per heavy atom. The van der Waals surface area contributed by atoms with E-state index in [0.29, 0.717) is 18.8 Å². The molecule has 0 saturated carbocycles. The molecule has 2 aromatic carbocycles. The molecule has 150 valence electrons. The maximum absolute atomic E-state index is 13.6. The molecule has 9 heteroatoms. The van der Waals surface area contributed by atoms with Crippen LogP contribution in [0.25, 0.3) is 0 Å². The van der Waals surface area contributed by atoms with E-state index in [0.717, 1.165) is 43.2 Å². The minimum absolute atomic E-state index is 0.159. The number of carbonyl (C=O) groups excluding carboxylic acids is 1. The Bertz CT molecular complexity index is 863. The van der Waals surface area contributed by atoms with Crippen molar-refractivity contribution in [1.82, 2.24) is 0 Å². The van der Waals surface area contributed by atoms with Crippen LogP contribution in [0.5, 0.6) is 0 Å². The van der Waals surface area contributed by atoms with Gasteiger partial charge in [-0.15, -0.1) is 0 Å². The zero-order valence-corrected chi connectivity index (χ0v) is 14.7. The van der Waals surface area contributed by atoms with Gasteiger partial charge in [0, 0.05) is 19.2 Å².